The highest BCUT2D eigenvalue weighted by atomic mass is 31.2. The van der Waals surface area contributed by atoms with Crippen LogP contribution in [0.4, 0.5) is 0 Å². The Kier molecular flexibility index (Phi) is 72.2. The molecule has 0 rings (SSSR count). The van der Waals surface area contributed by atoms with Gasteiger partial charge in [0.25, 0.3) is 0 Å². The number of unbranched alkanes of at least 4 members (excludes halogenated alkanes) is 51. The number of hydrogen-bond acceptors (Lipinski definition) is 15. The molecule has 0 bridgehead atoms. The molecule has 0 radical (unpaired) electrons. The quantitative estimate of drug-likeness (QED) is 0.0222. The molecule has 0 saturated carbocycles. The fourth-order valence-electron chi connectivity index (χ4n) is 12.7. The lowest BCUT2D eigenvalue weighted by atomic mass is 10.0. The molecule has 0 heterocycles. The van der Waals surface area contributed by atoms with Crippen LogP contribution in [-0.2, 0) is 65.4 Å². The molecule has 0 aromatic rings. The van der Waals surface area contributed by atoms with Gasteiger partial charge in [-0.15, -0.1) is 0 Å². The Bertz CT molecular complexity index is 1940. The van der Waals surface area contributed by atoms with E-state index in [0.717, 1.165) is 102 Å². The maximum absolute atomic E-state index is 13.1. The molecule has 0 aromatic heterocycles. The molecule has 0 spiro atoms. The van der Waals surface area contributed by atoms with Crippen molar-refractivity contribution in [1.29, 1.82) is 0 Å². The van der Waals surface area contributed by atoms with E-state index >= 15 is 0 Å². The third kappa shape index (κ3) is 76.1. The van der Waals surface area contributed by atoms with Crippen molar-refractivity contribution >= 4 is 39.5 Å². The minimum Gasteiger partial charge on any atom is -0.462 e. The molecule has 19 heteroatoms. The number of rotatable bonds is 81. The summed E-state index contributed by atoms with van der Waals surface area (Å²) in [6, 6.07) is 0. The Morgan fingerprint density at radius 2 is 0.455 bits per heavy atom. The van der Waals surface area contributed by atoms with Gasteiger partial charge in [-0.1, -0.05) is 382 Å². The summed E-state index contributed by atoms with van der Waals surface area (Å²) < 4.78 is 68.8. The monoisotopic (exact) mass is 1480 g/mol. The first-order valence-corrected chi connectivity index (χ1v) is 45.5. The van der Waals surface area contributed by atoms with Crippen molar-refractivity contribution in [3.8, 4) is 0 Å². The topological polar surface area (TPSA) is 237 Å². The molecule has 17 nitrogen and oxygen atoms in total. The second-order valence-corrected chi connectivity index (χ2v) is 33.4. The molecule has 2 unspecified atom stereocenters. The Hall–Kier alpha value is -1.94. The molecule has 0 aliphatic heterocycles. The third-order valence-corrected chi connectivity index (χ3v) is 21.1. The predicted octanol–water partition coefficient (Wildman–Crippen LogP) is 24.7. The molecule has 5 atom stereocenters. The van der Waals surface area contributed by atoms with Gasteiger partial charge in [0.15, 0.2) is 12.2 Å². The number of carbonyl (C=O) groups is 4. The first kappa shape index (κ1) is 99.1. The number of ether oxygens (including phenoxy) is 4. The van der Waals surface area contributed by atoms with Crippen LogP contribution in [0.25, 0.3) is 0 Å². The summed E-state index contributed by atoms with van der Waals surface area (Å²) in [5.41, 5.74) is 0. The van der Waals surface area contributed by atoms with E-state index in [-0.39, 0.29) is 25.7 Å². The number of aliphatic hydroxyl groups excluding tert-OH is 1. The van der Waals surface area contributed by atoms with Crippen LogP contribution in [0, 0.1) is 11.8 Å². The highest BCUT2D eigenvalue weighted by Crippen LogP contribution is 2.45. The summed E-state index contributed by atoms with van der Waals surface area (Å²) in [5, 5.41) is 10.6. The summed E-state index contributed by atoms with van der Waals surface area (Å²) in [4.78, 5) is 73.1. The average Bonchev–Trinajstić information content (AvgIpc) is 0.931. The highest BCUT2D eigenvalue weighted by molar-refractivity contribution is 7.47. The van der Waals surface area contributed by atoms with Crippen LogP contribution in [0.15, 0.2) is 0 Å². The zero-order valence-electron chi connectivity index (χ0n) is 66.2. The maximum Gasteiger partial charge on any atom is 0.472 e. The van der Waals surface area contributed by atoms with Gasteiger partial charge in [0.2, 0.25) is 0 Å². The predicted molar refractivity (Wildman–Crippen MR) is 414 cm³/mol. The molecule has 101 heavy (non-hydrogen) atoms. The van der Waals surface area contributed by atoms with Crippen molar-refractivity contribution in [2.24, 2.45) is 11.8 Å². The van der Waals surface area contributed by atoms with Gasteiger partial charge in [0.05, 0.1) is 26.4 Å². The van der Waals surface area contributed by atoms with Crippen LogP contribution < -0.4 is 0 Å². The largest absolute Gasteiger partial charge is 0.472 e. The Morgan fingerprint density at radius 1 is 0.267 bits per heavy atom. The molecule has 600 valence electrons. The van der Waals surface area contributed by atoms with Crippen LogP contribution in [-0.4, -0.2) is 96.7 Å². The van der Waals surface area contributed by atoms with E-state index in [4.69, 9.17) is 37.0 Å². The first-order valence-electron chi connectivity index (χ1n) is 42.5. The Morgan fingerprint density at radius 3 is 0.673 bits per heavy atom. The molecule has 0 aliphatic carbocycles. The van der Waals surface area contributed by atoms with Crippen LogP contribution in [0.3, 0.4) is 0 Å². The van der Waals surface area contributed by atoms with Gasteiger partial charge in [-0.3, -0.25) is 37.3 Å². The van der Waals surface area contributed by atoms with Crippen molar-refractivity contribution in [1.82, 2.24) is 0 Å². The molecule has 0 amide bonds. The zero-order chi connectivity index (χ0) is 74.2. The maximum atomic E-state index is 13.1. The lowest BCUT2D eigenvalue weighted by molar-refractivity contribution is -0.161. The fourth-order valence-corrected chi connectivity index (χ4v) is 14.3. The van der Waals surface area contributed by atoms with E-state index in [1.165, 1.54) is 244 Å². The van der Waals surface area contributed by atoms with Gasteiger partial charge in [-0.25, -0.2) is 9.13 Å². The summed E-state index contributed by atoms with van der Waals surface area (Å²) in [7, 11) is -9.92. The van der Waals surface area contributed by atoms with E-state index in [1.807, 2.05) is 0 Å². The minimum atomic E-state index is -4.96. The smallest absolute Gasteiger partial charge is 0.462 e. The fraction of sp³-hybridized carbons (Fsp3) is 0.951. The molecule has 3 N–H and O–H groups in total. The molecule has 0 fully saturated rings. The van der Waals surface area contributed by atoms with E-state index in [9.17, 15) is 43.2 Å². The standard InChI is InChI=1S/C82H160O17P2/c1-7-9-11-13-15-17-19-21-23-25-27-29-31-36-40-46-52-58-64-79(84)92-70-77(98-81(86)66-60-54-47-41-37-32-30-28-26-24-22-20-18-16-14-12-10-8-2)72-96-100(88,89)94-68-76(83)69-95-101(90,91)97-73-78(71-93-80(85)65-59-53-49-43-45-51-57-63-75(5)6)99-82(87)67-61-55-48-42-38-34-33-35-39-44-50-56-62-74(3)4/h74-78,83H,7-73H2,1-6H3,(H,88,89)(H,90,91)/t76-,77-,78-/m1/s1. The van der Waals surface area contributed by atoms with Crippen molar-refractivity contribution in [3.63, 3.8) is 0 Å². The number of hydrogen-bond donors (Lipinski definition) is 3. The van der Waals surface area contributed by atoms with Gasteiger partial charge in [-0.05, 0) is 37.5 Å². The number of esters is 4. The SMILES string of the molecule is CCCCCCCCCCCCCCCCCCCCC(=O)OC[C@H](COP(=O)(O)OC[C@@H](O)COP(=O)(O)OC[C@@H](COC(=O)CCCCCCCCCC(C)C)OC(=O)CCCCCCCCCCCCCCC(C)C)OC(=O)CCCCCCCCCCCCCCCCCCCC. The Labute approximate surface area is 619 Å². The molecule has 0 saturated heterocycles. The third-order valence-electron chi connectivity index (χ3n) is 19.2. The van der Waals surface area contributed by atoms with Crippen molar-refractivity contribution in [3.05, 3.63) is 0 Å². The Balaban J connectivity index is 5.24. The lowest BCUT2D eigenvalue weighted by Crippen LogP contribution is -2.30. The minimum absolute atomic E-state index is 0.106. The van der Waals surface area contributed by atoms with Gasteiger partial charge in [0, 0.05) is 25.7 Å². The second-order valence-electron chi connectivity index (χ2n) is 30.5. The van der Waals surface area contributed by atoms with Crippen LogP contribution in [0.5, 0.6) is 0 Å². The number of phosphoric ester groups is 2. The number of aliphatic hydroxyl groups is 1. The number of carbonyl (C=O) groups excluding carboxylic acids is 4. The van der Waals surface area contributed by atoms with E-state index in [2.05, 4.69) is 41.5 Å². The summed E-state index contributed by atoms with van der Waals surface area (Å²) in [6.45, 7) is 9.60. The molecular weight excluding hydrogens is 1320 g/mol. The van der Waals surface area contributed by atoms with E-state index in [1.54, 1.807) is 0 Å². The van der Waals surface area contributed by atoms with Gasteiger partial charge in [0.1, 0.15) is 19.3 Å². The lowest BCUT2D eigenvalue weighted by Gasteiger charge is -2.21. The van der Waals surface area contributed by atoms with Crippen LogP contribution >= 0.6 is 15.6 Å². The van der Waals surface area contributed by atoms with Crippen molar-refractivity contribution in [2.75, 3.05) is 39.6 Å². The summed E-state index contributed by atoms with van der Waals surface area (Å²) >= 11 is 0. The second kappa shape index (κ2) is 73.6. The number of phosphoric acid groups is 2. The molecular formula is C82H160O17P2. The van der Waals surface area contributed by atoms with Gasteiger partial charge in [-0.2, -0.15) is 0 Å². The van der Waals surface area contributed by atoms with E-state index in [0.29, 0.717) is 31.6 Å². The van der Waals surface area contributed by atoms with Gasteiger partial charge < -0.3 is 33.8 Å². The zero-order valence-corrected chi connectivity index (χ0v) is 68.0. The van der Waals surface area contributed by atoms with Crippen molar-refractivity contribution < 1.29 is 80.2 Å². The van der Waals surface area contributed by atoms with Crippen LogP contribution in [0.2, 0.25) is 0 Å². The normalized spacial score (nSPS) is 13.9. The van der Waals surface area contributed by atoms with Crippen molar-refractivity contribution in [2.45, 2.75) is 452 Å². The van der Waals surface area contributed by atoms with Crippen LogP contribution in [0.1, 0.15) is 433 Å². The van der Waals surface area contributed by atoms with Gasteiger partial charge >= 0.3 is 39.5 Å². The van der Waals surface area contributed by atoms with E-state index < -0.39 is 97.5 Å². The summed E-state index contributed by atoms with van der Waals surface area (Å²) in [6.07, 6.45) is 63.9. The summed E-state index contributed by atoms with van der Waals surface area (Å²) in [5.74, 6) is -0.626. The average molecular weight is 1480 g/mol. The molecule has 0 aliphatic rings. The highest BCUT2D eigenvalue weighted by Gasteiger charge is 2.30. The first-order chi connectivity index (χ1) is 48.9. The molecule has 0 aromatic carbocycles.